The standard InChI is InChI=1S/C20H33NO6/c1-11(22)13-14(15(13)16(23)26-18(2,3)4)12-10-25-20(8,9)21(12)17(24)27-19(5,6)7/h12-15H,10H2,1-9H3/t12-,13-,14+,15+/m0/s1. The number of esters is 1. The predicted octanol–water partition coefficient (Wildman–Crippen LogP) is 3.15. The lowest BCUT2D eigenvalue weighted by Gasteiger charge is -2.35. The lowest BCUT2D eigenvalue weighted by atomic mass is 10.1. The largest absolute Gasteiger partial charge is 0.460 e. The first-order chi connectivity index (χ1) is 12.1. The Morgan fingerprint density at radius 2 is 1.48 bits per heavy atom. The van der Waals surface area contributed by atoms with Gasteiger partial charge < -0.3 is 14.2 Å². The zero-order valence-corrected chi connectivity index (χ0v) is 17.9. The van der Waals surface area contributed by atoms with Crippen molar-refractivity contribution in [2.45, 2.75) is 85.3 Å². The second kappa shape index (κ2) is 6.76. The van der Waals surface area contributed by atoms with Crippen LogP contribution in [-0.4, -0.2) is 52.3 Å². The Labute approximate surface area is 161 Å². The van der Waals surface area contributed by atoms with E-state index in [1.807, 2.05) is 0 Å². The molecule has 154 valence electrons. The molecule has 0 unspecified atom stereocenters. The van der Waals surface area contributed by atoms with Gasteiger partial charge in [0.25, 0.3) is 0 Å². The van der Waals surface area contributed by atoms with Gasteiger partial charge in [-0.25, -0.2) is 4.79 Å². The molecule has 1 saturated heterocycles. The highest BCUT2D eigenvalue weighted by atomic mass is 16.6. The summed E-state index contributed by atoms with van der Waals surface area (Å²) in [6.07, 6.45) is -0.507. The molecule has 1 aliphatic heterocycles. The molecule has 7 nitrogen and oxygen atoms in total. The average Bonchev–Trinajstić information content (AvgIpc) is 3.07. The van der Waals surface area contributed by atoms with E-state index >= 15 is 0 Å². The van der Waals surface area contributed by atoms with E-state index in [2.05, 4.69) is 0 Å². The van der Waals surface area contributed by atoms with Crippen molar-refractivity contribution < 1.29 is 28.6 Å². The van der Waals surface area contributed by atoms with E-state index in [1.165, 1.54) is 11.8 Å². The van der Waals surface area contributed by atoms with Crippen molar-refractivity contribution >= 4 is 17.8 Å². The van der Waals surface area contributed by atoms with E-state index in [0.717, 1.165) is 0 Å². The number of hydrogen-bond acceptors (Lipinski definition) is 6. The minimum Gasteiger partial charge on any atom is -0.460 e. The van der Waals surface area contributed by atoms with Crippen molar-refractivity contribution in [1.29, 1.82) is 0 Å². The third kappa shape index (κ3) is 4.81. The fourth-order valence-corrected chi connectivity index (χ4v) is 3.79. The Balaban J connectivity index is 2.26. The minimum absolute atomic E-state index is 0.0790. The second-order valence-electron chi connectivity index (χ2n) is 9.95. The number of amides is 1. The molecule has 0 aromatic rings. The number of ether oxygens (including phenoxy) is 3. The molecule has 2 fully saturated rings. The molecule has 0 bridgehead atoms. The summed E-state index contributed by atoms with van der Waals surface area (Å²) in [6, 6.07) is -0.415. The maximum absolute atomic E-state index is 12.8. The van der Waals surface area contributed by atoms with Crippen molar-refractivity contribution in [3.05, 3.63) is 0 Å². The van der Waals surface area contributed by atoms with E-state index in [1.54, 1.807) is 55.4 Å². The SMILES string of the molecule is CC(=O)[C@@H]1[C@@H](C(=O)OC(C)(C)C)[C@@H]1[C@@H]1COC(C)(C)N1C(=O)OC(C)(C)C. The minimum atomic E-state index is -0.880. The normalized spacial score (nSPS) is 30.0. The van der Waals surface area contributed by atoms with Gasteiger partial charge >= 0.3 is 12.1 Å². The summed E-state index contributed by atoms with van der Waals surface area (Å²) in [5.74, 6) is -1.83. The van der Waals surface area contributed by atoms with Gasteiger partial charge in [0.15, 0.2) is 0 Å². The number of ketones is 1. The smallest absolute Gasteiger partial charge is 0.412 e. The van der Waals surface area contributed by atoms with E-state index in [0.29, 0.717) is 0 Å². The van der Waals surface area contributed by atoms with Crippen molar-refractivity contribution in [2.24, 2.45) is 17.8 Å². The third-order valence-electron chi connectivity index (χ3n) is 4.78. The third-order valence-corrected chi connectivity index (χ3v) is 4.78. The first-order valence-corrected chi connectivity index (χ1v) is 9.45. The maximum Gasteiger partial charge on any atom is 0.412 e. The molecule has 1 amide bonds. The van der Waals surface area contributed by atoms with Crippen LogP contribution in [0, 0.1) is 17.8 Å². The van der Waals surface area contributed by atoms with Crippen LogP contribution in [0.2, 0.25) is 0 Å². The van der Waals surface area contributed by atoms with E-state index in [9.17, 15) is 14.4 Å². The van der Waals surface area contributed by atoms with Gasteiger partial charge in [0.2, 0.25) is 0 Å². The highest BCUT2D eigenvalue weighted by molar-refractivity contribution is 5.91. The molecule has 0 radical (unpaired) electrons. The van der Waals surface area contributed by atoms with Gasteiger partial charge in [-0.05, 0) is 62.3 Å². The van der Waals surface area contributed by atoms with Crippen molar-refractivity contribution in [3.8, 4) is 0 Å². The highest BCUT2D eigenvalue weighted by Gasteiger charge is 2.66. The summed E-state index contributed by atoms with van der Waals surface area (Å²) in [5, 5.41) is 0. The monoisotopic (exact) mass is 383 g/mol. The van der Waals surface area contributed by atoms with Crippen LogP contribution in [0.5, 0.6) is 0 Å². The summed E-state index contributed by atoms with van der Waals surface area (Å²) < 4.78 is 16.9. The average molecular weight is 383 g/mol. The van der Waals surface area contributed by atoms with Crippen LogP contribution in [0.1, 0.15) is 62.3 Å². The van der Waals surface area contributed by atoms with Crippen LogP contribution >= 0.6 is 0 Å². The molecule has 7 heteroatoms. The van der Waals surface area contributed by atoms with Crippen molar-refractivity contribution in [1.82, 2.24) is 4.90 Å². The quantitative estimate of drug-likeness (QED) is 0.696. The highest BCUT2D eigenvalue weighted by Crippen LogP contribution is 2.54. The molecule has 0 spiro atoms. The van der Waals surface area contributed by atoms with Crippen LogP contribution in [-0.2, 0) is 23.8 Å². The fourth-order valence-electron chi connectivity index (χ4n) is 3.79. The predicted molar refractivity (Wildman–Crippen MR) is 98.9 cm³/mol. The van der Waals surface area contributed by atoms with Crippen LogP contribution in [0.25, 0.3) is 0 Å². The van der Waals surface area contributed by atoms with E-state index in [4.69, 9.17) is 14.2 Å². The summed E-state index contributed by atoms with van der Waals surface area (Å²) >= 11 is 0. The fraction of sp³-hybridized carbons (Fsp3) is 0.850. The van der Waals surface area contributed by atoms with Crippen LogP contribution in [0.4, 0.5) is 4.79 Å². The molecule has 0 aromatic carbocycles. The first kappa shape index (κ1) is 21.7. The Morgan fingerprint density at radius 3 is 1.93 bits per heavy atom. The molecular weight excluding hydrogens is 350 g/mol. The van der Waals surface area contributed by atoms with Gasteiger partial charge in [-0.3, -0.25) is 14.5 Å². The lowest BCUT2D eigenvalue weighted by Crippen LogP contribution is -2.51. The number of Topliss-reactive ketones (excluding diaryl/α,β-unsaturated/α-hetero) is 1. The van der Waals surface area contributed by atoms with E-state index < -0.39 is 46.9 Å². The first-order valence-electron chi connectivity index (χ1n) is 9.45. The topological polar surface area (TPSA) is 82.1 Å². The lowest BCUT2D eigenvalue weighted by molar-refractivity contribution is -0.157. The number of carbonyl (C=O) groups excluding carboxylic acids is 3. The molecule has 2 rings (SSSR count). The summed E-state index contributed by atoms with van der Waals surface area (Å²) in [4.78, 5) is 39.1. The van der Waals surface area contributed by atoms with Crippen molar-refractivity contribution in [2.75, 3.05) is 6.61 Å². The molecule has 27 heavy (non-hydrogen) atoms. The zero-order chi connectivity index (χ0) is 20.9. The van der Waals surface area contributed by atoms with Crippen LogP contribution in [0.15, 0.2) is 0 Å². The maximum atomic E-state index is 12.8. The van der Waals surface area contributed by atoms with Gasteiger partial charge in [-0.1, -0.05) is 0 Å². The zero-order valence-electron chi connectivity index (χ0n) is 17.9. The molecule has 1 saturated carbocycles. The second-order valence-corrected chi connectivity index (χ2v) is 9.95. The molecule has 0 N–H and O–H groups in total. The Morgan fingerprint density at radius 1 is 0.963 bits per heavy atom. The van der Waals surface area contributed by atoms with Gasteiger partial charge in [0.1, 0.15) is 22.7 Å². The Hall–Kier alpha value is -1.63. The number of carbonyl (C=O) groups is 3. The van der Waals surface area contributed by atoms with E-state index in [-0.39, 0.29) is 18.3 Å². The molecule has 1 heterocycles. The summed E-state index contributed by atoms with van der Waals surface area (Å²) in [6.45, 7) is 16.0. The van der Waals surface area contributed by atoms with Gasteiger partial charge in [0, 0.05) is 11.8 Å². The number of hydrogen-bond donors (Lipinski definition) is 0. The molecule has 4 atom stereocenters. The van der Waals surface area contributed by atoms with Gasteiger partial charge in [0.05, 0.1) is 18.6 Å². The van der Waals surface area contributed by atoms with Gasteiger partial charge in [-0.2, -0.15) is 0 Å². The Bertz CT molecular complexity index is 627. The number of rotatable bonds is 3. The summed E-state index contributed by atoms with van der Waals surface area (Å²) in [7, 11) is 0. The van der Waals surface area contributed by atoms with Gasteiger partial charge in [-0.15, -0.1) is 0 Å². The molecular formula is C20H33NO6. The molecule has 2 aliphatic rings. The van der Waals surface area contributed by atoms with Crippen LogP contribution in [0.3, 0.4) is 0 Å². The van der Waals surface area contributed by atoms with Crippen LogP contribution < -0.4 is 0 Å². The summed E-state index contributed by atoms with van der Waals surface area (Å²) in [5.41, 5.74) is -2.17. The van der Waals surface area contributed by atoms with Crippen molar-refractivity contribution in [3.63, 3.8) is 0 Å². The molecule has 1 aliphatic carbocycles. The Kier molecular flexibility index (Phi) is 5.43. The number of nitrogens with zero attached hydrogens (tertiary/aromatic N) is 1. The molecule has 0 aromatic heterocycles.